The van der Waals surface area contributed by atoms with Gasteiger partial charge in [0, 0.05) is 18.2 Å². The monoisotopic (exact) mass is 296 g/mol. The van der Waals surface area contributed by atoms with E-state index in [1.165, 1.54) is 19.3 Å². The summed E-state index contributed by atoms with van der Waals surface area (Å²) in [6, 6.07) is 3.75. The first kappa shape index (κ1) is 15.6. The summed E-state index contributed by atoms with van der Waals surface area (Å²) in [6.07, 6.45) is 6.45. The molecule has 112 valence electrons. The van der Waals surface area contributed by atoms with E-state index in [-0.39, 0.29) is 5.54 Å². The molecule has 4 heteroatoms. The normalized spacial score (nSPS) is 17.2. The van der Waals surface area contributed by atoms with Crippen molar-refractivity contribution in [3.8, 4) is 5.88 Å². The summed E-state index contributed by atoms with van der Waals surface area (Å²) < 4.78 is 5.99. The van der Waals surface area contributed by atoms with Crippen molar-refractivity contribution >= 4 is 11.6 Å². The van der Waals surface area contributed by atoms with Crippen LogP contribution in [0.4, 0.5) is 0 Å². The van der Waals surface area contributed by atoms with E-state index in [0.29, 0.717) is 23.6 Å². The largest absolute Gasteiger partial charge is 0.474 e. The standard InChI is InChI=1S/C16H25ClN2O/c1-16(2,3)18-11-14-13(17)9-10-15(19-14)20-12-7-5-4-6-8-12/h9-10,12,18H,4-8,11H2,1-3H3. The Morgan fingerprint density at radius 3 is 2.60 bits per heavy atom. The molecule has 1 aromatic heterocycles. The van der Waals surface area contributed by atoms with Crippen LogP contribution in [-0.4, -0.2) is 16.6 Å². The van der Waals surface area contributed by atoms with Crippen LogP contribution in [0.2, 0.25) is 5.02 Å². The Kier molecular flexibility index (Phi) is 5.28. The van der Waals surface area contributed by atoms with Gasteiger partial charge in [0.05, 0.1) is 10.7 Å². The topological polar surface area (TPSA) is 34.2 Å². The highest BCUT2D eigenvalue weighted by molar-refractivity contribution is 6.31. The molecule has 0 saturated heterocycles. The molecule has 1 heterocycles. The highest BCUT2D eigenvalue weighted by atomic mass is 35.5. The smallest absolute Gasteiger partial charge is 0.213 e. The SMILES string of the molecule is CC(C)(C)NCc1nc(OC2CCCCC2)ccc1Cl. The lowest BCUT2D eigenvalue weighted by molar-refractivity contribution is 0.148. The van der Waals surface area contributed by atoms with Crippen LogP contribution >= 0.6 is 11.6 Å². The zero-order valence-corrected chi connectivity index (χ0v) is 13.5. The van der Waals surface area contributed by atoms with Crippen molar-refractivity contribution in [2.45, 2.75) is 71.1 Å². The highest BCUT2D eigenvalue weighted by Gasteiger charge is 2.16. The first-order valence-corrected chi connectivity index (χ1v) is 7.89. The Morgan fingerprint density at radius 1 is 1.25 bits per heavy atom. The van der Waals surface area contributed by atoms with Crippen LogP contribution < -0.4 is 10.1 Å². The molecule has 0 bridgehead atoms. The molecule has 0 aliphatic heterocycles. The third kappa shape index (κ3) is 4.95. The number of nitrogens with one attached hydrogen (secondary N) is 1. The first-order chi connectivity index (χ1) is 9.44. The zero-order chi connectivity index (χ0) is 14.6. The van der Waals surface area contributed by atoms with Crippen molar-refractivity contribution in [3.63, 3.8) is 0 Å². The number of pyridine rings is 1. The van der Waals surface area contributed by atoms with Gasteiger partial charge in [-0.25, -0.2) is 4.98 Å². The Balaban J connectivity index is 1.99. The molecule has 1 N–H and O–H groups in total. The molecule has 0 spiro atoms. The van der Waals surface area contributed by atoms with Crippen LogP contribution in [0.3, 0.4) is 0 Å². The molecule has 0 unspecified atom stereocenters. The lowest BCUT2D eigenvalue weighted by Gasteiger charge is -2.23. The van der Waals surface area contributed by atoms with E-state index >= 15 is 0 Å². The minimum atomic E-state index is 0.0469. The predicted molar refractivity (Wildman–Crippen MR) is 83.3 cm³/mol. The molecule has 2 rings (SSSR count). The van der Waals surface area contributed by atoms with Gasteiger partial charge in [0.25, 0.3) is 0 Å². The van der Waals surface area contributed by atoms with Crippen LogP contribution in [0.15, 0.2) is 12.1 Å². The Morgan fingerprint density at radius 2 is 1.95 bits per heavy atom. The molecule has 20 heavy (non-hydrogen) atoms. The Bertz CT molecular complexity index is 437. The second-order valence-electron chi connectivity index (χ2n) is 6.56. The fraction of sp³-hybridized carbons (Fsp3) is 0.688. The van der Waals surface area contributed by atoms with Crippen LogP contribution in [0, 0.1) is 0 Å². The van der Waals surface area contributed by atoms with E-state index in [1.54, 1.807) is 0 Å². The van der Waals surface area contributed by atoms with Gasteiger partial charge in [-0.1, -0.05) is 18.0 Å². The van der Waals surface area contributed by atoms with E-state index in [1.807, 2.05) is 12.1 Å². The van der Waals surface area contributed by atoms with Gasteiger partial charge in [0.1, 0.15) is 6.10 Å². The average molecular weight is 297 g/mol. The molecule has 1 aliphatic carbocycles. The molecule has 1 fully saturated rings. The maximum atomic E-state index is 6.21. The van der Waals surface area contributed by atoms with Crippen molar-refractivity contribution in [2.75, 3.05) is 0 Å². The van der Waals surface area contributed by atoms with Crippen LogP contribution in [0.5, 0.6) is 5.88 Å². The maximum Gasteiger partial charge on any atom is 0.213 e. The quantitative estimate of drug-likeness (QED) is 0.898. The first-order valence-electron chi connectivity index (χ1n) is 7.51. The summed E-state index contributed by atoms with van der Waals surface area (Å²) >= 11 is 6.21. The fourth-order valence-electron chi connectivity index (χ4n) is 2.36. The Labute approximate surface area is 127 Å². The van der Waals surface area contributed by atoms with E-state index in [4.69, 9.17) is 16.3 Å². The van der Waals surface area contributed by atoms with Gasteiger partial charge in [-0.15, -0.1) is 0 Å². The second kappa shape index (κ2) is 6.77. The van der Waals surface area contributed by atoms with E-state index in [2.05, 4.69) is 31.1 Å². The van der Waals surface area contributed by atoms with Gasteiger partial charge < -0.3 is 10.1 Å². The van der Waals surface area contributed by atoms with Gasteiger partial charge in [0.15, 0.2) is 0 Å². The third-order valence-electron chi connectivity index (χ3n) is 3.52. The van der Waals surface area contributed by atoms with Crippen molar-refractivity contribution < 1.29 is 4.74 Å². The summed E-state index contributed by atoms with van der Waals surface area (Å²) in [5.74, 6) is 0.701. The molecule has 1 aliphatic rings. The minimum absolute atomic E-state index is 0.0469. The highest BCUT2D eigenvalue weighted by Crippen LogP contribution is 2.24. The summed E-state index contributed by atoms with van der Waals surface area (Å²) in [5.41, 5.74) is 0.903. The summed E-state index contributed by atoms with van der Waals surface area (Å²) in [4.78, 5) is 4.55. The van der Waals surface area contributed by atoms with Crippen molar-refractivity contribution in [1.29, 1.82) is 0 Å². The second-order valence-corrected chi connectivity index (χ2v) is 6.97. The lowest BCUT2D eigenvalue weighted by Crippen LogP contribution is -2.35. The number of hydrogen-bond acceptors (Lipinski definition) is 3. The number of hydrogen-bond donors (Lipinski definition) is 1. The summed E-state index contributed by atoms with van der Waals surface area (Å²) in [7, 11) is 0. The van der Waals surface area contributed by atoms with Gasteiger partial charge in [-0.05, 0) is 52.5 Å². The predicted octanol–water partition coefficient (Wildman–Crippen LogP) is 4.33. The van der Waals surface area contributed by atoms with E-state index < -0.39 is 0 Å². The Hall–Kier alpha value is -0.800. The molecule has 1 aromatic rings. The fourth-order valence-corrected chi connectivity index (χ4v) is 2.53. The third-order valence-corrected chi connectivity index (χ3v) is 3.86. The van der Waals surface area contributed by atoms with Gasteiger partial charge in [0.2, 0.25) is 5.88 Å². The molecular weight excluding hydrogens is 272 g/mol. The van der Waals surface area contributed by atoms with Crippen LogP contribution in [0.1, 0.15) is 58.6 Å². The number of ether oxygens (including phenoxy) is 1. The van der Waals surface area contributed by atoms with Gasteiger partial charge in [-0.2, -0.15) is 0 Å². The van der Waals surface area contributed by atoms with E-state index in [9.17, 15) is 0 Å². The van der Waals surface area contributed by atoms with Crippen LogP contribution in [-0.2, 0) is 6.54 Å². The molecule has 0 radical (unpaired) electrons. The molecule has 1 saturated carbocycles. The molecule has 0 amide bonds. The molecule has 0 aromatic carbocycles. The zero-order valence-electron chi connectivity index (χ0n) is 12.7. The number of rotatable bonds is 4. The maximum absolute atomic E-state index is 6.21. The van der Waals surface area contributed by atoms with Crippen molar-refractivity contribution in [3.05, 3.63) is 22.8 Å². The lowest BCUT2D eigenvalue weighted by atomic mass is 9.98. The summed E-state index contributed by atoms with van der Waals surface area (Å²) in [6.45, 7) is 7.04. The molecular formula is C16H25ClN2O. The number of aromatic nitrogens is 1. The van der Waals surface area contributed by atoms with E-state index in [0.717, 1.165) is 18.5 Å². The van der Waals surface area contributed by atoms with Gasteiger partial charge in [-0.3, -0.25) is 0 Å². The molecule has 3 nitrogen and oxygen atoms in total. The number of nitrogens with zero attached hydrogens (tertiary/aromatic N) is 1. The number of halogens is 1. The van der Waals surface area contributed by atoms with Crippen molar-refractivity contribution in [1.82, 2.24) is 10.3 Å². The molecule has 0 atom stereocenters. The van der Waals surface area contributed by atoms with Gasteiger partial charge >= 0.3 is 0 Å². The van der Waals surface area contributed by atoms with Crippen molar-refractivity contribution in [2.24, 2.45) is 0 Å². The summed E-state index contributed by atoms with van der Waals surface area (Å²) in [5, 5.41) is 4.10. The minimum Gasteiger partial charge on any atom is -0.474 e. The average Bonchev–Trinajstić information content (AvgIpc) is 2.40. The van der Waals surface area contributed by atoms with Crippen LogP contribution in [0.25, 0.3) is 0 Å².